The maximum atomic E-state index is 14.3. The normalized spacial score (nSPS) is 31.5. The second-order valence-electron chi connectivity index (χ2n) is 12.7. The van der Waals surface area contributed by atoms with Crippen LogP contribution < -0.4 is 10.6 Å². The Morgan fingerprint density at radius 3 is 2.52 bits per heavy atom. The number of ether oxygens (including phenoxy) is 1. The number of fused-ring (bicyclic) bond motifs is 1. The number of halogens is 1. The molecule has 3 amide bonds. The zero-order chi connectivity index (χ0) is 29.6. The summed E-state index contributed by atoms with van der Waals surface area (Å²) in [5, 5.41) is 6.93. The number of likely N-dealkylation sites (tertiary alicyclic amines) is 1. The van der Waals surface area contributed by atoms with Gasteiger partial charge in [0.05, 0.1) is 17.9 Å². The highest BCUT2D eigenvalue weighted by atomic mass is 35.5. The van der Waals surface area contributed by atoms with E-state index in [1.807, 2.05) is 60.7 Å². The molecule has 0 radical (unpaired) electrons. The molecule has 1 saturated carbocycles. The van der Waals surface area contributed by atoms with E-state index in [1.165, 1.54) is 5.56 Å². The number of anilines is 1. The molecule has 2 bridgehead atoms. The Bertz CT molecular complexity index is 1390. The van der Waals surface area contributed by atoms with Crippen molar-refractivity contribution in [3.63, 3.8) is 0 Å². The van der Waals surface area contributed by atoms with Gasteiger partial charge in [0, 0.05) is 23.3 Å². The van der Waals surface area contributed by atoms with Gasteiger partial charge in [-0.2, -0.15) is 0 Å². The summed E-state index contributed by atoms with van der Waals surface area (Å²) in [6.45, 7) is 6.71. The average Bonchev–Trinajstić information content (AvgIpc) is 3.61. The highest BCUT2D eigenvalue weighted by molar-refractivity contribution is 6.31. The van der Waals surface area contributed by atoms with E-state index in [9.17, 15) is 14.4 Å². The summed E-state index contributed by atoms with van der Waals surface area (Å²) in [6.07, 6.45) is 7.87. The molecule has 3 fully saturated rings. The monoisotopic (exact) mass is 589 g/mol. The van der Waals surface area contributed by atoms with Gasteiger partial charge in [0.25, 0.3) is 0 Å². The number of hydrogen-bond donors (Lipinski definition) is 2. The fraction of sp³-hybridized carbons (Fsp3) is 0.500. The molecule has 2 saturated heterocycles. The van der Waals surface area contributed by atoms with E-state index >= 15 is 0 Å². The third-order valence-electron chi connectivity index (χ3n) is 9.79. The lowest BCUT2D eigenvalue weighted by Gasteiger charge is -2.36. The highest BCUT2D eigenvalue weighted by Gasteiger charge is 2.72. The van der Waals surface area contributed by atoms with E-state index in [2.05, 4.69) is 31.4 Å². The summed E-state index contributed by atoms with van der Waals surface area (Å²) in [4.78, 5) is 43.8. The van der Waals surface area contributed by atoms with Crippen LogP contribution in [0.25, 0.3) is 0 Å². The van der Waals surface area contributed by atoms with Crippen LogP contribution in [0.4, 0.5) is 5.69 Å². The van der Waals surface area contributed by atoms with E-state index in [1.54, 1.807) is 4.90 Å². The number of hydrogen-bond acceptors (Lipinski definition) is 4. The van der Waals surface area contributed by atoms with Gasteiger partial charge in [-0.1, -0.05) is 87.7 Å². The molecule has 3 heterocycles. The second-order valence-corrected chi connectivity index (χ2v) is 13.1. The predicted molar refractivity (Wildman–Crippen MR) is 163 cm³/mol. The standard InChI is InChI=1S/C34H40ClN3O4/c1-20(2)22-12-14-24(15-13-22)36-31(39)28-27-16-18-34(42-27)29(28)33(41)38(19-17-23-9-5-6-10-25(23)35)30(34)32(40)37-26-11-7-4-8-21(26)3/h5-6,9-10,12-16,18,20-21,26-30H,4,7-8,11,17,19H2,1-3H3,(H,36,39)(H,37,40)/t21?,26?,27-,28?,29-,30?,34?/m1/s1. The Morgan fingerprint density at radius 2 is 1.81 bits per heavy atom. The maximum absolute atomic E-state index is 14.3. The van der Waals surface area contributed by atoms with E-state index in [-0.39, 0.29) is 23.8 Å². The fourth-order valence-corrected chi connectivity index (χ4v) is 7.65. The molecule has 2 aromatic carbocycles. The third kappa shape index (κ3) is 5.05. The topological polar surface area (TPSA) is 87.7 Å². The van der Waals surface area contributed by atoms with Crippen LogP contribution in [0.3, 0.4) is 0 Å². The highest BCUT2D eigenvalue weighted by Crippen LogP contribution is 2.55. The minimum absolute atomic E-state index is 0.0534. The Morgan fingerprint density at radius 1 is 1.07 bits per heavy atom. The van der Waals surface area contributed by atoms with Crippen LogP contribution in [0, 0.1) is 17.8 Å². The van der Waals surface area contributed by atoms with Crippen molar-refractivity contribution in [2.45, 2.75) is 82.6 Å². The minimum atomic E-state index is -1.19. The van der Waals surface area contributed by atoms with Gasteiger partial charge in [-0.15, -0.1) is 0 Å². The zero-order valence-electron chi connectivity index (χ0n) is 24.5. The molecular weight excluding hydrogens is 550 g/mol. The van der Waals surface area contributed by atoms with E-state index < -0.39 is 29.6 Å². The molecule has 2 aromatic rings. The third-order valence-corrected chi connectivity index (χ3v) is 10.2. The SMILES string of the molecule is CC(C)c1ccc(NC(=O)C2[C@H]3C=CC4(O3)C(C(=O)NC3CCCCC3C)N(CCc3ccccc3Cl)C(=O)[C@@H]24)cc1. The van der Waals surface area contributed by atoms with Crippen LogP contribution >= 0.6 is 11.6 Å². The van der Waals surface area contributed by atoms with Crippen LogP contribution in [0.1, 0.15) is 63.5 Å². The van der Waals surface area contributed by atoms with E-state index in [4.69, 9.17) is 16.3 Å². The van der Waals surface area contributed by atoms with Crippen molar-refractivity contribution in [2.24, 2.45) is 17.8 Å². The van der Waals surface area contributed by atoms with Crippen LogP contribution in [0.15, 0.2) is 60.7 Å². The van der Waals surface area contributed by atoms with Gasteiger partial charge in [0.2, 0.25) is 17.7 Å². The lowest BCUT2D eigenvalue weighted by Crippen LogP contribution is -2.57. The predicted octanol–water partition coefficient (Wildman–Crippen LogP) is 5.49. The second kappa shape index (κ2) is 11.5. The van der Waals surface area contributed by atoms with Crippen LogP contribution in [-0.2, 0) is 25.5 Å². The van der Waals surface area contributed by atoms with Gasteiger partial charge < -0.3 is 20.3 Å². The van der Waals surface area contributed by atoms with Crippen LogP contribution in [-0.4, -0.2) is 53.0 Å². The van der Waals surface area contributed by atoms with Crippen molar-refractivity contribution >= 4 is 35.0 Å². The molecular formula is C34H40ClN3O4. The molecule has 6 rings (SSSR count). The quantitative estimate of drug-likeness (QED) is 0.399. The number of carbonyl (C=O) groups excluding carboxylic acids is 3. The molecule has 5 unspecified atom stereocenters. The van der Waals surface area contributed by atoms with Gasteiger partial charge in [-0.3, -0.25) is 14.4 Å². The number of benzene rings is 2. The molecule has 7 atom stereocenters. The number of carbonyl (C=O) groups is 3. The summed E-state index contributed by atoms with van der Waals surface area (Å²) in [5.41, 5.74) is 1.57. The minimum Gasteiger partial charge on any atom is -0.359 e. The molecule has 3 aliphatic heterocycles. The van der Waals surface area contributed by atoms with Gasteiger partial charge in [-0.05, 0) is 60.4 Å². The summed E-state index contributed by atoms with van der Waals surface area (Å²) in [6, 6.07) is 14.5. The molecule has 1 aliphatic carbocycles. The van der Waals surface area contributed by atoms with Crippen molar-refractivity contribution in [3.8, 4) is 0 Å². The zero-order valence-corrected chi connectivity index (χ0v) is 25.3. The van der Waals surface area contributed by atoms with Crippen molar-refractivity contribution in [3.05, 3.63) is 76.8 Å². The molecule has 2 N–H and O–H groups in total. The summed E-state index contributed by atoms with van der Waals surface area (Å²) < 4.78 is 6.51. The summed E-state index contributed by atoms with van der Waals surface area (Å²) in [7, 11) is 0. The van der Waals surface area contributed by atoms with E-state index in [0.29, 0.717) is 35.5 Å². The van der Waals surface area contributed by atoms with Crippen molar-refractivity contribution in [2.75, 3.05) is 11.9 Å². The van der Waals surface area contributed by atoms with Gasteiger partial charge in [0.1, 0.15) is 11.6 Å². The first kappa shape index (κ1) is 28.9. The number of nitrogens with one attached hydrogen (secondary N) is 2. The lowest BCUT2D eigenvalue weighted by atomic mass is 9.74. The lowest BCUT2D eigenvalue weighted by molar-refractivity contribution is -0.141. The van der Waals surface area contributed by atoms with Crippen molar-refractivity contribution < 1.29 is 19.1 Å². The number of nitrogens with zero attached hydrogens (tertiary/aromatic N) is 1. The largest absolute Gasteiger partial charge is 0.359 e. The Labute approximate surface area is 253 Å². The van der Waals surface area contributed by atoms with Gasteiger partial charge in [-0.25, -0.2) is 0 Å². The molecule has 4 aliphatic rings. The Balaban J connectivity index is 1.28. The van der Waals surface area contributed by atoms with E-state index in [0.717, 1.165) is 31.2 Å². The smallest absolute Gasteiger partial charge is 0.246 e. The molecule has 0 aromatic heterocycles. The van der Waals surface area contributed by atoms with Crippen LogP contribution in [0.5, 0.6) is 0 Å². The molecule has 8 heteroatoms. The first-order valence-electron chi connectivity index (χ1n) is 15.3. The summed E-state index contributed by atoms with van der Waals surface area (Å²) in [5.74, 6) is -1.47. The molecule has 7 nitrogen and oxygen atoms in total. The molecule has 1 spiro atoms. The van der Waals surface area contributed by atoms with Crippen molar-refractivity contribution in [1.82, 2.24) is 10.2 Å². The molecule has 42 heavy (non-hydrogen) atoms. The van der Waals surface area contributed by atoms with Crippen LogP contribution in [0.2, 0.25) is 5.02 Å². The number of rotatable bonds is 8. The number of amides is 3. The first-order chi connectivity index (χ1) is 20.2. The average molecular weight is 590 g/mol. The Kier molecular flexibility index (Phi) is 7.92. The summed E-state index contributed by atoms with van der Waals surface area (Å²) >= 11 is 6.44. The Hall–Kier alpha value is -3.16. The van der Waals surface area contributed by atoms with Gasteiger partial charge in [0.15, 0.2) is 0 Å². The molecule has 222 valence electrons. The van der Waals surface area contributed by atoms with Crippen molar-refractivity contribution in [1.29, 1.82) is 0 Å². The first-order valence-corrected chi connectivity index (χ1v) is 15.7. The fourth-order valence-electron chi connectivity index (χ4n) is 7.42. The van der Waals surface area contributed by atoms with Gasteiger partial charge >= 0.3 is 0 Å². The maximum Gasteiger partial charge on any atom is 0.246 e.